The van der Waals surface area contributed by atoms with E-state index < -0.39 is 29.7 Å². The Kier molecular flexibility index (Phi) is 5.26. The van der Waals surface area contributed by atoms with Crippen molar-refractivity contribution in [2.45, 2.75) is 70.2 Å². The fraction of sp³-hybridized carbons (Fsp3) is 0.722. The number of alkyl halides is 5. The lowest BCUT2D eigenvalue weighted by atomic mass is 9.65. The van der Waals surface area contributed by atoms with E-state index in [1.807, 2.05) is 0 Å². The van der Waals surface area contributed by atoms with E-state index in [2.05, 4.69) is 15.3 Å². The van der Waals surface area contributed by atoms with E-state index in [0.717, 1.165) is 26.1 Å². The van der Waals surface area contributed by atoms with Crippen LogP contribution in [-0.2, 0) is 4.79 Å². The monoisotopic (exact) mass is 407 g/mol. The van der Waals surface area contributed by atoms with Gasteiger partial charge in [-0.1, -0.05) is 6.92 Å². The molecule has 1 unspecified atom stereocenters. The van der Waals surface area contributed by atoms with Crippen molar-refractivity contribution in [3.8, 4) is 5.88 Å². The number of aromatic nitrogens is 2. The van der Waals surface area contributed by atoms with E-state index in [1.54, 1.807) is 6.92 Å². The zero-order valence-corrected chi connectivity index (χ0v) is 15.5. The Morgan fingerprint density at radius 2 is 1.96 bits per heavy atom. The van der Waals surface area contributed by atoms with Gasteiger partial charge in [0.2, 0.25) is 17.7 Å². The number of halogens is 5. The number of nitrogens with zero attached hydrogens (tertiary/aromatic N) is 2. The number of hydrogen-bond donors (Lipinski definition) is 1. The highest BCUT2D eigenvalue weighted by atomic mass is 19.4. The molecule has 1 N–H and O–H groups in total. The summed E-state index contributed by atoms with van der Waals surface area (Å²) < 4.78 is 69.1. The quantitative estimate of drug-likeness (QED) is 0.688. The number of nitrogens with one attached hydrogen (secondary N) is 1. The molecule has 3 rings (SSSR count). The van der Waals surface area contributed by atoms with Crippen molar-refractivity contribution in [2.24, 2.45) is 11.3 Å². The summed E-state index contributed by atoms with van der Waals surface area (Å²) >= 11 is 0. The Balaban J connectivity index is 1.66. The van der Waals surface area contributed by atoms with E-state index in [-0.39, 0.29) is 37.0 Å². The Hall–Kier alpha value is -2.00. The van der Waals surface area contributed by atoms with Crippen LogP contribution in [0.15, 0.2) is 12.4 Å². The third-order valence-electron chi connectivity index (χ3n) is 5.11. The van der Waals surface area contributed by atoms with E-state index >= 15 is 0 Å². The zero-order valence-electron chi connectivity index (χ0n) is 15.5. The lowest BCUT2D eigenvalue weighted by Crippen LogP contribution is -2.47. The summed E-state index contributed by atoms with van der Waals surface area (Å²) in [7, 11) is 0. The topological polar surface area (TPSA) is 64.1 Å². The predicted molar refractivity (Wildman–Crippen MR) is 88.7 cm³/mol. The van der Waals surface area contributed by atoms with Crippen molar-refractivity contribution >= 4 is 5.91 Å². The van der Waals surface area contributed by atoms with Gasteiger partial charge in [0.05, 0.1) is 11.7 Å². The van der Waals surface area contributed by atoms with Gasteiger partial charge >= 0.3 is 6.18 Å². The molecular formula is C18H22F5N3O2. The minimum absolute atomic E-state index is 0.0364. The minimum atomic E-state index is -4.53. The van der Waals surface area contributed by atoms with Crippen molar-refractivity contribution in [3.63, 3.8) is 0 Å². The molecule has 1 amide bonds. The zero-order chi connectivity index (χ0) is 20.7. The number of hydrogen-bond acceptors (Lipinski definition) is 4. The maximum atomic E-state index is 13.1. The summed E-state index contributed by atoms with van der Waals surface area (Å²) in [5, 5.41) is 2.81. The molecule has 1 aromatic rings. The van der Waals surface area contributed by atoms with Gasteiger partial charge in [0.1, 0.15) is 6.33 Å². The number of carbonyl (C=O) groups excluding carboxylic acids is 1. The third kappa shape index (κ3) is 5.08. The number of ether oxygens (including phenoxy) is 1. The summed E-state index contributed by atoms with van der Waals surface area (Å²) in [6, 6.07) is 0.772. The van der Waals surface area contributed by atoms with Gasteiger partial charge in [-0.05, 0) is 31.1 Å². The van der Waals surface area contributed by atoms with Crippen LogP contribution in [0.2, 0.25) is 0 Å². The van der Waals surface area contributed by atoms with Gasteiger partial charge < -0.3 is 10.1 Å². The maximum absolute atomic E-state index is 13.1. The van der Waals surface area contributed by atoms with E-state index in [1.165, 1.54) is 6.07 Å². The minimum Gasteiger partial charge on any atom is -0.465 e. The second-order valence-corrected chi connectivity index (χ2v) is 8.16. The highest BCUT2D eigenvalue weighted by Gasteiger charge is 2.54. The van der Waals surface area contributed by atoms with E-state index in [4.69, 9.17) is 4.74 Å². The standard InChI is InChI=1S/C18H22F5N3O2/c1-10(18(21,22)23)28-14-5-12(24-9-25-14)15(11-3-4-11)26-13(27)6-16(2)7-17(19,20)8-16/h5,9-11,15H,3-4,6-8H2,1-2H3,(H,26,27)/t10-,15?/m1/s1. The second kappa shape index (κ2) is 7.11. The van der Waals surface area contributed by atoms with Gasteiger partial charge in [0.25, 0.3) is 0 Å². The van der Waals surface area contributed by atoms with Crippen molar-refractivity contribution in [1.29, 1.82) is 0 Å². The predicted octanol–water partition coefficient (Wildman–Crippen LogP) is 4.20. The molecule has 2 atom stereocenters. The molecule has 0 aliphatic heterocycles. The van der Waals surface area contributed by atoms with Crippen molar-refractivity contribution in [1.82, 2.24) is 15.3 Å². The molecule has 0 spiro atoms. The molecule has 0 bridgehead atoms. The number of amides is 1. The molecule has 2 fully saturated rings. The molecule has 1 heterocycles. The molecule has 2 aliphatic carbocycles. The first-order valence-electron chi connectivity index (χ1n) is 9.09. The molecule has 2 saturated carbocycles. The average molecular weight is 407 g/mol. The van der Waals surface area contributed by atoms with Gasteiger partial charge in [0, 0.05) is 25.3 Å². The SMILES string of the molecule is C[C@@H](Oc1cc(C(NC(=O)CC2(C)CC(F)(F)C2)C2CC2)ncn1)C(F)(F)F. The fourth-order valence-electron chi connectivity index (χ4n) is 3.63. The van der Waals surface area contributed by atoms with Crippen molar-refractivity contribution in [2.75, 3.05) is 0 Å². The molecule has 2 aliphatic rings. The highest BCUT2D eigenvalue weighted by Crippen LogP contribution is 2.53. The second-order valence-electron chi connectivity index (χ2n) is 8.16. The fourth-order valence-corrected chi connectivity index (χ4v) is 3.63. The lowest BCUT2D eigenvalue weighted by molar-refractivity contribution is -0.190. The molecule has 10 heteroatoms. The van der Waals surface area contributed by atoms with Crippen LogP contribution in [0.3, 0.4) is 0 Å². The Labute approximate surface area is 159 Å². The smallest absolute Gasteiger partial charge is 0.425 e. The molecule has 0 saturated heterocycles. The molecule has 28 heavy (non-hydrogen) atoms. The maximum Gasteiger partial charge on any atom is 0.425 e. The van der Waals surface area contributed by atoms with Crippen molar-refractivity contribution < 1.29 is 31.5 Å². The van der Waals surface area contributed by atoms with Crippen LogP contribution in [0.5, 0.6) is 5.88 Å². The number of carbonyl (C=O) groups is 1. The summed E-state index contributed by atoms with van der Waals surface area (Å²) in [4.78, 5) is 20.2. The molecule has 1 aromatic heterocycles. The third-order valence-corrected chi connectivity index (χ3v) is 5.11. The lowest BCUT2D eigenvalue weighted by Gasteiger charge is -2.44. The van der Waals surface area contributed by atoms with E-state index in [9.17, 15) is 26.7 Å². The summed E-state index contributed by atoms with van der Waals surface area (Å²) in [6.07, 6.45) is -4.52. The van der Waals surface area contributed by atoms with E-state index in [0.29, 0.717) is 5.69 Å². The van der Waals surface area contributed by atoms with Crippen molar-refractivity contribution in [3.05, 3.63) is 18.1 Å². The highest BCUT2D eigenvalue weighted by molar-refractivity contribution is 5.77. The summed E-state index contributed by atoms with van der Waals surface area (Å²) in [6.45, 7) is 2.52. The molecule has 0 aromatic carbocycles. The normalized spacial score (nSPS) is 22.7. The van der Waals surface area contributed by atoms with Crippen LogP contribution in [0.25, 0.3) is 0 Å². The molecular weight excluding hydrogens is 385 g/mol. The Morgan fingerprint density at radius 3 is 2.50 bits per heavy atom. The van der Waals surface area contributed by atoms with Crippen LogP contribution in [0.4, 0.5) is 22.0 Å². The number of rotatable bonds is 7. The first-order chi connectivity index (χ1) is 12.9. The van der Waals surface area contributed by atoms with Gasteiger partial charge in [-0.2, -0.15) is 13.2 Å². The Bertz CT molecular complexity index is 728. The van der Waals surface area contributed by atoms with Crippen LogP contribution in [0, 0.1) is 11.3 Å². The molecule has 5 nitrogen and oxygen atoms in total. The molecule has 0 radical (unpaired) electrons. The molecule has 156 valence electrons. The average Bonchev–Trinajstić information content (AvgIpc) is 3.34. The van der Waals surface area contributed by atoms with Crippen LogP contribution in [0.1, 0.15) is 57.7 Å². The van der Waals surface area contributed by atoms with Gasteiger partial charge in [0.15, 0.2) is 6.10 Å². The van der Waals surface area contributed by atoms with Gasteiger partial charge in [-0.15, -0.1) is 0 Å². The Morgan fingerprint density at radius 1 is 1.32 bits per heavy atom. The first kappa shape index (κ1) is 20.7. The van der Waals surface area contributed by atoms with Crippen LogP contribution < -0.4 is 10.1 Å². The summed E-state index contributed by atoms with van der Waals surface area (Å²) in [5.74, 6) is -3.23. The van der Waals surface area contributed by atoms with Crippen LogP contribution >= 0.6 is 0 Å². The summed E-state index contributed by atoms with van der Waals surface area (Å²) in [5.41, 5.74) is -0.400. The first-order valence-corrected chi connectivity index (χ1v) is 9.09. The van der Waals surface area contributed by atoms with Gasteiger partial charge in [-0.3, -0.25) is 4.79 Å². The van der Waals surface area contributed by atoms with Crippen LogP contribution in [-0.4, -0.2) is 34.1 Å². The van der Waals surface area contributed by atoms with Gasteiger partial charge in [-0.25, -0.2) is 18.7 Å². The largest absolute Gasteiger partial charge is 0.465 e.